The molecule has 3 heteroatoms. The molecule has 0 fully saturated rings. The fourth-order valence-electron chi connectivity index (χ4n) is 4.81. The van der Waals surface area contributed by atoms with Gasteiger partial charge in [0, 0.05) is 18.4 Å². The zero-order chi connectivity index (χ0) is 20.1. The molecule has 1 aliphatic carbocycles. The second-order valence-electron chi connectivity index (χ2n) is 8.43. The van der Waals surface area contributed by atoms with Crippen LogP contribution < -0.4 is 0 Å². The van der Waals surface area contributed by atoms with Gasteiger partial charge in [0.15, 0.2) is 5.78 Å². The van der Waals surface area contributed by atoms with Gasteiger partial charge >= 0.3 is 0 Å². The van der Waals surface area contributed by atoms with E-state index in [9.17, 15) is 14.4 Å². The van der Waals surface area contributed by atoms with Crippen molar-refractivity contribution in [3.05, 3.63) is 34.4 Å². The van der Waals surface area contributed by atoms with Gasteiger partial charge in [0.05, 0.1) is 6.42 Å². The van der Waals surface area contributed by atoms with E-state index in [1.54, 1.807) is 0 Å². The molecule has 0 radical (unpaired) electrons. The maximum absolute atomic E-state index is 12.8. The van der Waals surface area contributed by atoms with Gasteiger partial charge in [-0.15, -0.1) is 0 Å². The summed E-state index contributed by atoms with van der Waals surface area (Å²) < 4.78 is 0. The molecule has 0 heterocycles. The van der Waals surface area contributed by atoms with Gasteiger partial charge in [0.1, 0.15) is 11.6 Å². The maximum atomic E-state index is 12.8. The Balaban J connectivity index is 2.17. The van der Waals surface area contributed by atoms with Gasteiger partial charge in [-0.2, -0.15) is 0 Å². The minimum atomic E-state index is -0.0593. The molecule has 0 amide bonds. The van der Waals surface area contributed by atoms with E-state index in [1.165, 1.54) is 12.5 Å². The Morgan fingerprint density at radius 1 is 1.07 bits per heavy atom. The average Bonchev–Trinajstić information content (AvgIpc) is 2.58. The number of rotatable bonds is 9. The Bertz CT molecular complexity index is 713. The summed E-state index contributed by atoms with van der Waals surface area (Å²) in [5.41, 5.74) is 4.38. The molecule has 0 saturated carbocycles. The lowest BCUT2D eigenvalue weighted by Crippen LogP contribution is -2.27. The van der Waals surface area contributed by atoms with Crippen molar-refractivity contribution in [1.82, 2.24) is 0 Å². The van der Waals surface area contributed by atoms with Crippen molar-refractivity contribution >= 4 is 17.3 Å². The van der Waals surface area contributed by atoms with Crippen molar-refractivity contribution in [1.29, 1.82) is 0 Å². The number of hydrogen-bond donors (Lipinski definition) is 0. The van der Waals surface area contributed by atoms with Crippen LogP contribution in [0.3, 0.4) is 0 Å². The predicted octanol–water partition coefficient (Wildman–Crippen LogP) is 5.43. The molecule has 3 nitrogen and oxygen atoms in total. The number of aryl methyl sites for hydroxylation is 1. The molecule has 1 aromatic rings. The zero-order valence-electron chi connectivity index (χ0n) is 17.6. The van der Waals surface area contributed by atoms with E-state index >= 15 is 0 Å². The van der Waals surface area contributed by atoms with Crippen LogP contribution in [0.15, 0.2) is 12.1 Å². The monoisotopic (exact) mass is 370 g/mol. The smallest absolute Gasteiger partial charge is 0.163 e. The SMILES string of the molecule is CCC(CC)C(CC(=O)CC(C)=O)CC1CC(=O)c2c(ccc(C)c2C)C1. The molecule has 0 spiro atoms. The summed E-state index contributed by atoms with van der Waals surface area (Å²) in [6.45, 7) is 9.91. The van der Waals surface area contributed by atoms with E-state index in [1.807, 2.05) is 6.92 Å². The molecule has 148 valence electrons. The summed E-state index contributed by atoms with van der Waals surface area (Å²) in [4.78, 5) is 36.4. The number of fused-ring (bicyclic) bond motifs is 1. The third kappa shape index (κ3) is 5.37. The lowest BCUT2D eigenvalue weighted by molar-refractivity contribution is -0.126. The molecule has 1 aliphatic rings. The summed E-state index contributed by atoms with van der Waals surface area (Å²) in [6.07, 6.45) is 4.97. The minimum Gasteiger partial charge on any atom is -0.300 e. The molecular formula is C24H34O3. The van der Waals surface area contributed by atoms with Crippen LogP contribution in [0.4, 0.5) is 0 Å². The third-order valence-electron chi connectivity index (χ3n) is 6.37. The molecule has 2 unspecified atom stereocenters. The lowest BCUT2D eigenvalue weighted by Gasteiger charge is -2.32. The van der Waals surface area contributed by atoms with Gasteiger partial charge in [0.2, 0.25) is 0 Å². The summed E-state index contributed by atoms with van der Waals surface area (Å²) in [5, 5.41) is 0. The molecule has 0 bridgehead atoms. The zero-order valence-corrected chi connectivity index (χ0v) is 17.6. The predicted molar refractivity (Wildman–Crippen MR) is 109 cm³/mol. The molecule has 0 aliphatic heterocycles. The molecule has 0 saturated heterocycles. The molecule has 2 rings (SSSR count). The van der Waals surface area contributed by atoms with Gasteiger partial charge in [-0.3, -0.25) is 14.4 Å². The Hall–Kier alpha value is -1.77. The molecule has 0 aromatic heterocycles. The second-order valence-corrected chi connectivity index (χ2v) is 8.43. The number of hydrogen-bond acceptors (Lipinski definition) is 3. The number of carbonyl (C=O) groups is 3. The van der Waals surface area contributed by atoms with Crippen molar-refractivity contribution in [2.45, 2.75) is 79.6 Å². The van der Waals surface area contributed by atoms with Crippen LogP contribution in [0.5, 0.6) is 0 Å². The van der Waals surface area contributed by atoms with E-state index in [4.69, 9.17) is 0 Å². The van der Waals surface area contributed by atoms with Gasteiger partial charge in [-0.25, -0.2) is 0 Å². The fourth-order valence-corrected chi connectivity index (χ4v) is 4.81. The molecular weight excluding hydrogens is 336 g/mol. The van der Waals surface area contributed by atoms with Crippen molar-refractivity contribution in [2.75, 3.05) is 0 Å². The first-order chi connectivity index (χ1) is 12.8. The van der Waals surface area contributed by atoms with E-state index in [0.717, 1.165) is 42.4 Å². The minimum absolute atomic E-state index is 0.0432. The van der Waals surface area contributed by atoms with Crippen LogP contribution in [0.2, 0.25) is 0 Å². The van der Waals surface area contributed by atoms with Crippen LogP contribution in [0, 0.1) is 31.6 Å². The number of carbonyl (C=O) groups excluding carboxylic acids is 3. The first-order valence-electron chi connectivity index (χ1n) is 10.4. The Kier molecular flexibility index (Phi) is 7.52. The highest BCUT2D eigenvalue weighted by Gasteiger charge is 2.31. The van der Waals surface area contributed by atoms with Gasteiger partial charge < -0.3 is 0 Å². The first kappa shape index (κ1) is 21.5. The summed E-state index contributed by atoms with van der Waals surface area (Å²) in [7, 11) is 0. The quantitative estimate of drug-likeness (QED) is 0.545. The number of benzene rings is 1. The van der Waals surface area contributed by atoms with Crippen LogP contribution in [0.1, 0.15) is 86.3 Å². The van der Waals surface area contributed by atoms with Gasteiger partial charge in [0.25, 0.3) is 0 Å². The summed E-state index contributed by atoms with van der Waals surface area (Å²) in [6, 6.07) is 4.22. The Morgan fingerprint density at radius 3 is 2.33 bits per heavy atom. The molecule has 0 N–H and O–H groups in total. The van der Waals surface area contributed by atoms with E-state index in [2.05, 4.69) is 32.9 Å². The largest absolute Gasteiger partial charge is 0.300 e. The molecule has 2 atom stereocenters. The standard InChI is InChI=1S/C24H34O3/c1-6-19(7-2)21(14-22(26)10-16(4)25)12-18-11-20-9-8-15(3)17(5)24(20)23(27)13-18/h8-9,18-19,21H,6-7,10-14H2,1-5H3. The highest BCUT2D eigenvalue weighted by atomic mass is 16.1. The van der Waals surface area contributed by atoms with Crippen molar-refractivity contribution < 1.29 is 14.4 Å². The second kappa shape index (κ2) is 9.43. The number of ketones is 3. The van der Waals surface area contributed by atoms with Crippen molar-refractivity contribution in [3.63, 3.8) is 0 Å². The van der Waals surface area contributed by atoms with Gasteiger partial charge in [-0.05, 0) is 68.1 Å². The highest BCUT2D eigenvalue weighted by molar-refractivity contribution is 6.00. The van der Waals surface area contributed by atoms with Crippen molar-refractivity contribution in [2.24, 2.45) is 17.8 Å². The van der Waals surface area contributed by atoms with Crippen LogP contribution >= 0.6 is 0 Å². The summed E-state index contributed by atoms with van der Waals surface area (Å²) >= 11 is 0. The topological polar surface area (TPSA) is 51.2 Å². The lowest BCUT2D eigenvalue weighted by atomic mass is 9.72. The molecule has 1 aromatic carbocycles. The fraction of sp³-hybridized carbons (Fsp3) is 0.625. The Morgan fingerprint density at radius 2 is 1.74 bits per heavy atom. The van der Waals surface area contributed by atoms with Gasteiger partial charge in [-0.1, -0.05) is 38.8 Å². The maximum Gasteiger partial charge on any atom is 0.163 e. The molecule has 27 heavy (non-hydrogen) atoms. The van der Waals surface area contributed by atoms with E-state index in [-0.39, 0.29) is 29.7 Å². The first-order valence-corrected chi connectivity index (χ1v) is 10.4. The van der Waals surface area contributed by atoms with Crippen LogP contribution in [-0.2, 0) is 16.0 Å². The highest BCUT2D eigenvalue weighted by Crippen LogP contribution is 2.36. The van der Waals surface area contributed by atoms with Crippen molar-refractivity contribution in [3.8, 4) is 0 Å². The van der Waals surface area contributed by atoms with E-state index < -0.39 is 0 Å². The average molecular weight is 371 g/mol. The number of Topliss-reactive ketones (excluding diaryl/α,β-unsaturated/α-hetero) is 3. The van der Waals surface area contributed by atoms with Crippen LogP contribution in [0.25, 0.3) is 0 Å². The Labute approximate surface area is 163 Å². The third-order valence-corrected chi connectivity index (χ3v) is 6.37. The normalized spacial score (nSPS) is 17.7. The summed E-state index contributed by atoms with van der Waals surface area (Å²) in [5.74, 6) is 1.27. The van der Waals surface area contributed by atoms with E-state index in [0.29, 0.717) is 24.7 Å². The van der Waals surface area contributed by atoms with Crippen LogP contribution in [-0.4, -0.2) is 17.3 Å².